The van der Waals surface area contributed by atoms with E-state index < -0.39 is 38.0 Å². The summed E-state index contributed by atoms with van der Waals surface area (Å²) in [6.07, 6.45) is 1.89. The monoisotopic (exact) mass is 598 g/mol. The van der Waals surface area contributed by atoms with E-state index in [1.165, 1.54) is 11.0 Å². The fourth-order valence-electron chi connectivity index (χ4n) is 5.26. The van der Waals surface area contributed by atoms with Crippen LogP contribution in [0.2, 0.25) is 18.1 Å². The van der Waals surface area contributed by atoms with Crippen LogP contribution in [0.4, 0.5) is 0 Å². The van der Waals surface area contributed by atoms with Gasteiger partial charge in [0.25, 0.3) is 0 Å². The molecule has 1 N–H and O–H groups in total. The zero-order chi connectivity index (χ0) is 31.3. The number of nitrogens with one attached hydrogen (secondary N) is 1. The number of benzene rings is 3. The first-order valence-electron chi connectivity index (χ1n) is 14.6. The lowest BCUT2D eigenvalue weighted by atomic mass is 9.75. The smallest absolute Gasteiger partial charge is 0.336 e. The SMILES string of the molecule is C=CCOC(=O)C(C=O)N1C(=O)[C@@H](NC(c2ccccc2)(c2ccccc2)c2ccccc2)[C@H]1CO[Si](C)(C)C(C)(C)C. The molecule has 0 radical (unpaired) electrons. The third kappa shape index (κ3) is 6.41. The summed E-state index contributed by atoms with van der Waals surface area (Å²) in [5.74, 6) is -1.16. The quantitative estimate of drug-likeness (QED) is 0.0535. The Hall–Kier alpha value is -3.85. The van der Waals surface area contributed by atoms with Crippen molar-refractivity contribution in [2.75, 3.05) is 13.2 Å². The van der Waals surface area contributed by atoms with Crippen molar-refractivity contribution >= 4 is 26.5 Å². The molecule has 0 aromatic heterocycles. The Balaban J connectivity index is 1.83. The third-order valence-corrected chi connectivity index (χ3v) is 13.2. The molecular formula is C35H42N2O5Si. The van der Waals surface area contributed by atoms with Crippen LogP contribution >= 0.6 is 0 Å². The Kier molecular flexibility index (Phi) is 9.85. The minimum absolute atomic E-state index is 0.0584. The molecule has 43 heavy (non-hydrogen) atoms. The maximum Gasteiger partial charge on any atom is 0.336 e. The van der Waals surface area contributed by atoms with Crippen molar-refractivity contribution in [1.82, 2.24) is 10.2 Å². The highest BCUT2D eigenvalue weighted by molar-refractivity contribution is 6.74. The van der Waals surface area contributed by atoms with Gasteiger partial charge in [0.05, 0.1) is 18.2 Å². The second-order valence-corrected chi connectivity index (χ2v) is 17.2. The fraction of sp³-hybridized carbons (Fsp3) is 0.343. The molecule has 3 atom stereocenters. The van der Waals surface area contributed by atoms with Gasteiger partial charge in [0, 0.05) is 0 Å². The number of esters is 1. The Bertz CT molecular complexity index is 1310. The molecule has 0 aliphatic carbocycles. The number of nitrogens with zero attached hydrogens (tertiary/aromatic N) is 1. The molecule has 1 fully saturated rings. The summed E-state index contributed by atoms with van der Waals surface area (Å²) in [5.41, 5.74) is 1.91. The summed E-state index contributed by atoms with van der Waals surface area (Å²) in [7, 11) is -2.26. The van der Waals surface area contributed by atoms with Crippen molar-refractivity contribution in [3.8, 4) is 0 Å². The second-order valence-electron chi connectivity index (χ2n) is 12.4. The number of aldehydes is 1. The first-order valence-corrected chi connectivity index (χ1v) is 17.5. The zero-order valence-electron chi connectivity index (χ0n) is 25.7. The molecule has 8 heteroatoms. The van der Waals surface area contributed by atoms with Crippen molar-refractivity contribution < 1.29 is 23.5 Å². The van der Waals surface area contributed by atoms with Gasteiger partial charge >= 0.3 is 5.97 Å². The summed E-state index contributed by atoms with van der Waals surface area (Å²) in [6.45, 7) is 14.4. The third-order valence-electron chi connectivity index (χ3n) is 8.69. The highest BCUT2D eigenvalue weighted by Gasteiger charge is 2.56. The van der Waals surface area contributed by atoms with Crippen LogP contribution in [-0.4, -0.2) is 62.7 Å². The topological polar surface area (TPSA) is 84.9 Å². The van der Waals surface area contributed by atoms with Crippen LogP contribution in [0.15, 0.2) is 104 Å². The van der Waals surface area contributed by atoms with E-state index in [1.807, 2.05) is 91.0 Å². The summed E-state index contributed by atoms with van der Waals surface area (Å²) in [6, 6.07) is 27.2. The van der Waals surface area contributed by atoms with Crippen molar-refractivity contribution in [1.29, 1.82) is 0 Å². The van der Waals surface area contributed by atoms with Crippen LogP contribution in [-0.2, 0) is 29.1 Å². The largest absolute Gasteiger partial charge is 0.460 e. The molecule has 0 spiro atoms. The number of carbonyl (C=O) groups is 3. The molecule has 1 amide bonds. The molecule has 1 aliphatic heterocycles. The van der Waals surface area contributed by atoms with Crippen molar-refractivity contribution in [3.63, 3.8) is 0 Å². The van der Waals surface area contributed by atoms with Crippen LogP contribution in [0.25, 0.3) is 0 Å². The highest BCUT2D eigenvalue weighted by atomic mass is 28.4. The number of hydrogen-bond donors (Lipinski definition) is 1. The minimum atomic E-state index is -2.26. The molecule has 1 heterocycles. The number of carbonyl (C=O) groups excluding carboxylic acids is 3. The summed E-state index contributed by atoms with van der Waals surface area (Å²) >= 11 is 0. The molecule has 7 nitrogen and oxygen atoms in total. The lowest BCUT2D eigenvalue weighted by molar-refractivity contribution is -0.171. The Morgan fingerprint density at radius 1 is 0.930 bits per heavy atom. The number of hydrogen-bond acceptors (Lipinski definition) is 6. The van der Waals surface area contributed by atoms with Gasteiger partial charge in [-0.3, -0.25) is 10.1 Å². The summed E-state index contributed by atoms with van der Waals surface area (Å²) in [5, 5.41) is 3.66. The van der Waals surface area contributed by atoms with Crippen molar-refractivity contribution in [3.05, 3.63) is 120 Å². The first kappa shape index (κ1) is 32.1. The van der Waals surface area contributed by atoms with E-state index in [9.17, 15) is 14.4 Å². The van der Waals surface area contributed by atoms with Gasteiger partial charge in [-0.15, -0.1) is 0 Å². The molecule has 1 aliphatic rings. The molecule has 0 saturated carbocycles. The highest BCUT2D eigenvalue weighted by Crippen LogP contribution is 2.41. The number of likely N-dealkylation sites (tertiary alicyclic amines) is 1. The van der Waals surface area contributed by atoms with Crippen LogP contribution in [0.3, 0.4) is 0 Å². The van der Waals surface area contributed by atoms with Gasteiger partial charge in [0.2, 0.25) is 5.91 Å². The molecule has 1 unspecified atom stereocenters. The lowest BCUT2D eigenvalue weighted by Gasteiger charge is -2.53. The predicted octanol–water partition coefficient (Wildman–Crippen LogP) is 5.47. The van der Waals surface area contributed by atoms with Gasteiger partial charge in [-0.05, 0) is 34.8 Å². The van der Waals surface area contributed by atoms with Gasteiger partial charge in [0.1, 0.15) is 12.6 Å². The van der Waals surface area contributed by atoms with E-state index in [-0.39, 0.29) is 24.2 Å². The van der Waals surface area contributed by atoms with E-state index >= 15 is 0 Å². The van der Waals surface area contributed by atoms with Gasteiger partial charge in [-0.1, -0.05) is 124 Å². The molecule has 0 bridgehead atoms. The van der Waals surface area contributed by atoms with E-state index in [0.29, 0.717) is 6.29 Å². The van der Waals surface area contributed by atoms with E-state index in [0.717, 1.165) is 16.7 Å². The van der Waals surface area contributed by atoms with Crippen LogP contribution < -0.4 is 5.32 Å². The normalized spacial score (nSPS) is 18.0. The minimum Gasteiger partial charge on any atom is -0.460 e. The summed E-state index contributed by atoms with van der Waals surface area (Å²) in [4.78, 5) is 40.6. The molecule has 3 aromatic carbocycles. The van der Waals surface area contributed by atoms with Crippen LogP contribution in [0, 0.1) is 0 Å². The average molecular weight is 599 g/mol. The van der Waals surface area contributed by atoms with Gasteiger partial charge < -0.3 is 18.9 Å². The molecule has 1 saturated heterocycles. The number of rotatable bonds is 13. The zero-order valence-corrected chi connectivity index (χ0v) is 26.7. The number of ether oxygens (including phenoxy) is 1. The summed E-state index contributed by atoms with van der Waals surface area (Å²) < 4.78 is 11.8. The molecular weight excluding hydrogens is 556 g/mol. The number of β-lactam (4-membered cyclic amide) rings is 1. The van der Waals surface area contributed by atoms with Gasteiger partial charge in [-0.25, -0.2) is 4.79 Å². The predicted molar refractivity (Wildman–Crippen MR) is 171 cm³/mol. The average Bonchev–Trinajstić information content (AvgIpc) is 3.01. The number of amides is 1. The Labute approximate surface area is 256 Å². The Morgan fingerprint density at radius 2 is 1.40 bits per heavy atom. The first-order chi connectivity index (χ1) is 20.5. The van der Waals surface area contributed by atoms with E-state index in [4.69, 9.17) is 9.16 Å². The maximum absolute atomic E-state index is 14.1. The molecule has 4 rings (SSSR count). The Morgan fingerprint density at radius 3 is 1.79 bits per heavy atom. The lowest BCUT2D eigenvalue weighted by Crippen LogP contribution is -2.77. The molecule has 3 aromatic rings. The fourth-order valence-corrected chi connectivity index (χ4v) is 6.28. The van der Waals surface area contributed by atoms with Crippen LogP contribution in [0.5, 0.6) is 0 Å². The van der Waals surface area contributed by atoms with Gasteiger partial charge in [0.15, 0.2) is 20.6 Å². The standard InChI is InChI=1S/C35H42N2O5Si/c1-7-23-41-33(40)29(24-38)37-30(25-42-43(5,6)34(2,3)4)31(32(37)39)36-35(26-17-11-8-12-18-26,27-19-13-9-14-20-27)28-21-15-10-16-22-28/h7-22,24,29-31,36H,1,23,25H2,2-6H3/t29?,30-,31+/m1/s1. The second kappa shape index (κ2) is 13.2. The van der Waals surface area contributed by atoms with Crippen molar-refractivity contribution in [2.24, 2.45) is 0 Å². The van der Waals surface area contributed by atoms with Gasteiger partial charge in [-0.2, -0.15) is 0 Å². The van der Waals surface area contributed by atoms with E-state index in [2.05, 4.69) is 45.8 Å². The molecule has 226 valence electrons. The maximum atomic E-state index is 14.1. The van der Waals surface area contributed by atoms with E-state index in [1.54, 1.807) is 0 Å². The van der Waals surface area contributed by atoms with Crippen LogP contribution in [0.1, 0.15) is 37.5 Å². The van der Waals surface area contributed by atoms with Crippen molar-refractivity contribution in [2.45, 2.75) is 62.6 Å².